The van der Waals surface area contributed by atoms with Gasteiger partial charge >= 0.3 is 12.1 Å². The van der Waals surface area contributed by atoms with Crippen LogP contribution in [0.2, 0.25) is 0 Å². The number of thiazole rings is 1. The Kier molecular flexibility index (Phi) is 6.33. The van der Waals surface area contributed by atoms with Gasteiger partial charge in [-0.15, -0.1) is 0 Å². The van der Waals surface area contributed by atoms with E-state index in [1.165, 1.54) is 35.0 Å². The van der Waals surface area contributed by atoms with E-state index in [1.54, 1.807) is 19.1 Å². The number of rotatable bonds is 5. The van der Waals surface area contributed by atoms with Crippen LogP contribution < -0.4 is 0 Å². The van der Waals surface area contributed by atoms with Crippen molar-refractivity contribution in [1.82, 2.24) is 14.8 Å². The Morgan fingerprint density at radius 2 is 1.77 bits per heavy atom. The summed E-state index contributed by atoms with van der Waals surface area (Å²) in [4.78, 5) is 17.4. The molecule has 10 heteroatoms. The molecule has 0 unspecified atom stereocenters. The average Bonchev–Trinajstić information content (AvgIpc) is 3.33. The van der Waals surface area contributed by atoms with Gasteiger partial charge in [-0.3, -0.25) is 0 Å². The van der Waals surface area contributed by atoms with Gasteiger partial charge in [0.15, 0.2) is 5.69 Å². The topological polar surface area (TPSA) is 68.0 Å². The van der Waals surface area contributed by atoms with Crippen LogP contribution in [0.1, 0.15) is 41.3 Å². The maximum Gasteiger partial charge on any atom is 0.416 e. The Labute approximate surface area is 202 Å². The van der Waals surface area contributed by atoms with E-state index in [0.29, 0.717) is 27.4 Å². The molecule has 2 aromatic carbocycles. The molecule has 35 heavy (non-hydrogen) atoms. The first kappa shape index (κ1) is 24.3. The van der Waals surface area contributed by atoms with E-state index in [-0.39, 0.29) is 16.4 Å². The number of nitrogens with zero attached hydrogens (tertiary/aromatic N) is 3. The Bertz CT molecular complexity index is 1450. The number of carboxylic acids is 1. The first-order valence-corrected chi connectivity index (χ1v) is 11.2. The Hall–Kier alpha value is -3.79. The van der Waals surface area contributed by atoms with E-state index in [4.69, 9.17) is 0 Å². The lowest BCUT2D eigenvalue weighted by atomic mass is 10.0. The first-order valence-electron chi connectivity index (χ1n) is 10.4. The van der Waals surface area contributed by atoms with Crippen LogP contribution in [-0.4, -0.2) is 25.8 Å². The number of carbonyl (C=O) groups is 1. The predicted octanol–water partition coefficient (Wildman–Crippen LogP) is 7.25. The fourth-order valence-corrected chi connectivity index (χ4v) is 4.66. The second-order valence-electron chi connectivity index (χ2n) is 8.04. The molecule has 0 bridgehead atoms. The first-order chi connectivity index (χ1) is 16.5. The maximum atomic E-state index is 13.9. The third-order valence-electron chi connectivity index (χ3n) is 5.10. The fourth-order valence-electron chi connectivity index (χ4n) is 3.65. The van der Waals surface area contributed by atoms with Crippen molar-refractivity contribution in [2.75, 3.05) is 0 Å². The SMILES string of the molecule is CC(C)=Cc1nc(-n2nc(C)c(-c3cccc(F)c3)c2C(=O)O)sc1-c1ccc(C(F)(F)F)cc1. The van der Waals surface area contributed by atoms with Crippen LogP contribution in [-0.2, 0) is 6.18 Å². The molecule has 0 atom stereocenters. The van der Waals surface area contributed by atoms with Crippen molar-refractivity contribution in [2.45, 2.75) is 26.9 Å². The molecule has 0 radical (unpaired) electrons. The average molecular weight is 502 g/mol. The number of alkyl halides is 3. The Morgan fingerprint density at radius 3 is 2.34 bits per heavy atom. The molecule has 0 aliphatic carbocycles. The molecule has 4 rings (SSSR count). The summed E-state index contributed by atoms with van der Waals surface area (Å²) in [5.41, 5.74) is 1.88. The molecule has 1 N–H and O–H groups in total. The maximum absolute atomic E-state index is 13.9. The monoisotopic (exact) mass is 501 g/mol. The van der Waals surface area contributed by atoms with Gasteiger partial charge in [-0.1, -0.05) is 41.2 Å². The van der Waals surface area contributed by atoms with Gasteiger partial charge in [0.25, 0.3) is 0 Å². The number of aromatic carboxylic acids is 1. The van der Waals surface area contributed by atoms with Crippen LogP contribution in [0.4, 0.5) is 17.6 Å². The highest BCUT2D eigenvalue weighted by Gasteiger charge is 2.30. The van der Waals surface area contributed by atoms with Crippen molar-refractivity contribution in [1.29, 1.82) is 0 Å². The lowest BCUT2D eigenvalue weighted by Gasteiger charge is -2.07. The quantitative estimate of drug-likeness (QED) is 0.293. The smallest absolute Gasteiger partial charge is 0.416 e. The third kappa shape index (κ3) is 4.88. The molecule has 4 aromatic rings. The van der Waals surface area contributed by atoms with Gasteiger partial charge in [-0.05, 0) is 62.2 Å². The minimum atomic E-state index is -4.46. The molecule has 180 valence electrons. The minimum absolute atomic E-state index is 0.190. The molecule has 0 amide bonds. The molecular formula is C25H19F4N3O2S. The molecule has 0 aliphatic heterocycles. The lowest BCUT2D eigenvalue weighted by molar-refractivity contribution is -0.137. The molecular weight excluding hydrogens is 482 g/mol. The van der Waals surface area contributed by atoms with Crippen LogP contribution in [0.3, 0.4) is 0 Å². The summed E-state index contributed by atoms with van der Waals surface area (Å²) in [7, 11) is 0. The van der Waals surface area contributed by atoms with Gasteiger partial charge < -0.3 is 5.11 Å². The number of hydrogen-bond acceptors (Lipinski definition) is 4. The second kappa shape index (κ2) is 9.10. The van der Waals surface area contributed by atoms with Gasteiger partial charge in [-0.25, -0.2) is 14.2 Å². The lowest BCUT2D eigenvalue weighted by Crippen LogP contribution is -2.09. The van der Waals surface area contributed by atoms with Crippen LogP contribution in [0.25, 0.3) is 32.8 Å². The summed E-state index contributed by atoms with van der Waals surface area (Å²) in [6.45, 7) is 5.31. The van der Waals surface area contributed by atoms with E-state index >= 15 is 0 Å². The van der Waals surface area contributed by atoms with E-state index < -0.39 is 23.5 Å². The van der Waals surface area contributed by atoms with E-state index in [1.807, 2.05) is 13.8 Å². The molecule has 2 aromatic heterocycles. The van der Waals surface area contributed by atoms with Crippen LogP contribution in [0, 0.1) is 12.7 Å². The van der Waals surface area contributed by atoms with Crippen molar-refractivity contribution in [3.63, 3.8) is 0 Å². The zero-order valence-electron chi connectivity index (χ0n) is 18.8. The van der Waals surface area contributed by atoms with Crippen molar-refractivity contribution in [2.24, 2.45) is 0 Å². The summed E-state index contributed by atoms with van der Waals surface area (Å²) in [5.74, 6) is -1.80. The van der Waals surface area contributed by atoms with Gasteiger partial charge in [0.05, 0.1) is 21.8 Å². The summed E-state index contributed by atoms with van der Waals surface area (Å²) in [5, 5.41) is 14.6. The van der Waals surface area contributed by atoms with Gasteiger partial charge in [0.1, 0.15) is 5.82 Å². The number of allylic oxidation sites excluding steroid dienone is 1. The zero-order chi connectivity index (χ0) is 25.5. The van der Waals surface area contributed by atoms with E-state index in [2.05, 4.69) is 10.1 Å². The number of aromatic nitrogens is 3. The predicted molar refractivity (Wildman–Crippen MR) is 126 cm³/mol. The third-order valence-corrected chi connectivity index (χ3v) is 6.20. The molecule has 0 fully saturated rings. The molecule has 0 aliphatic rings. The van der Waals surface area contributed by atoms with E-state index in [9.17, 15) is 27.5 Å². The van der Waals surface area contributed by atoms with Gasteiger partial charge in [0, 0.05) is 5.56 Å². The number of carboxylic acid groups (broad SMARTS) is 1. The largest absolute Gasteiger partial charge is 0.476 e. The van der Waals surface area contributed by atoms with Crippen molar-refractivity contribution < 1.29 is 27.5 Å². The Morgan fingerprint density at radius 1 is 1.09 bits per heavy atom. The number of aryl methyl sites for hydroxylation is 1. The summed E-state index contributed by atoms with van der Waals surface area (Å²) in [6, 6.07) is 10.2. The molecule has 2 heterocycles. The number of benzene rings is 2. The zero-order valence-corrected chi connectivity index (χ0v) is 19.6. The molecule has 0 spiro atoms. The highest BCUT2D eigenvalue weighted by Crippen LogP contribution is 2.38. The number of hydrogen-bond donors (Lipinski definition) is 1. The molecule has 5 nitrogen and oxygen atoms in total. The van der Waals surface area contributed by atoms with Crippen molar-refractivity contribution in [3.8, 4) is 26.7 Å². The highest BCUT2D eigenvalue weighted by molar-refractivity contribution is 7.17. The summed E-state index contributed by atoms with van der Waals surface area (Å²) in [6.07, 6.45) is -2.70. The summed E-state index contributed by atoms with van der Waals surface area (Å²) >= 11 is 1.10. The van der Waals surface area contributed by atoms with Gasteiger partial charge in [-0.2, -0.15) is 23.0 Å². The van der Waals surface area contributed by atoms with Crippen LogP contribution in [0.15, 0.2) is 54.1 Å². The standard InChI is InChI=1S/C25H19F4N3O2S/c1-13(2)11-19-22(15-7-9-17(10-8-15)25(27,28)29)35-24(30-19)32-21(23(33)34)20(14(3)31-32)16-5-4-6-18(26)12-16/h4-12H,1-3H3,(H,33,34). The van der Waals surface area contributed by atoms with Crippen LogP contribution >= 0.6 is 11.3 Å². The van der Waals surface area contributed by atoms with Crippen molar-refractivity contribution in [3.05, 3.63) is 82.6 Å². The molecule has 0 saturated heterocycles. The molecule has 0 saturated carbocycles. The minimum Gasteiger partial charge on any atom is -0.476 e. The van der Waals surface area contributed by atoms with E-state index in [0.717, 1.165) is 29.0 Å². The Balaban J connectivity index is 1.90. The summed E-state index contributed by atoms with van der Waals surface area (Å²) < 4.78 is 54.1. The van der Waals surface area contributed by atoms with Crippen molar-refractivity contribution >= 4 is 23.4 Å². The second-order valence-corrected chi connectivity index (χ2v) is 9.02. The number of halogens is 4. The highest BCUT2D eigenvalue weighted by atomic mass is 32.1. The van der Waals surface area contributed by atoms with Gasteiger partial charge in [0.2, 0.25) is 5.13 Å². The normalized spacial score (nSPS) is 11.5. The van der Waals surface area contributed by atoms with Crippen LogP contribution in [0.5, 0.6) is 0 Å². The fraction of sp³-hybridized carbons (Fsp3) is 0.160.